The van der Waals surface area contributed by atoms with Gasteiger partial charge in [-0.25, -0.2) is 9.97 Å². The topological polar surface area (TPSA) is 59.5 Å². The molecule has 0 aliphatic carbocycles. The van der Waals surface area contributed by atoms with Crippen LogP contribution in [0.5, 0.6) is 11.5 Å². The number of hydrogen-bond acceptors (Lipinski definition) is 6. The molecule has 1 aromatic heterocycles. The summed E-state index contributed by atoms with van der Waals surface area (Å²) in [4.78, 5) is 11.5. The van der Waals surface area contributed by atoms with Crippen LogP contribution in [0.25, 0.3) is 0 Å². The zero-order valence-corrected chi connectivity index (χ0v) is 15.5. The average Bonchev–Trinajstić information content (AvgIpc) is 3.09. The molecule has 0 bridgehead atoms. The standard InChI is InChI=1S/C20H26N4O2/c1-14-11-15(2)23-20(22-14)24-9-6-17(7-10-24)21-8-5-16-3-4-18-19(12-16)26-13-25-18/h3-4,11-12,17,21H,5-10,13H2,1-2H3. The average molecular weight is 354 g/mol. The fourth-order valence-corrected chi connectivity index (χ4v) is 3.65. The summed E-state index contributed by atoms with van der Waals surface area (Å²) in [5, 5.41) is 3.69. The van der Waals surface area contributed by atoms with E-state index in [-0.39, 0.29) is 0 Å². The highest BCUT2D eigenvalue weighted by molar-refractivity contribution is 5.44. The van der Waals surface area contributed by atoms with Crippen LogP contribution in [0.3, 0.4) is 0 Å². The van der Waals surface area contributed by atoms with Crippen LogP contribution in [-0.4, -0.2) is 42.4 Å². The lowest BCUT2D eigenvalue weighted by molar-refractivity contribution is 0.174. The highest BCUT2D eigenvalue weighted by atomic mass is 16.7. The SMILES string of the molecule is Cc1cc(C)nc(N2CCC(NCCc3ccc4c(c3)OCO4)CC2)n1. The maximum atomic E-state index is 5.45. The molecule has 1 aromatic carbocycles. The summed E-state index contributed by atoms with van der Waals surface area (Å²) < 4.78 is 10.8. The number of aryl methyl sites for hydroxylation is 2. The van der Waals surface area contributed by atoms with Crippen molar-refractivity contribution < 1.29 is 9.47 Å². The summed E-state index contributed by atoms with van der Waals surface area (Å²) in [7, 11) is 0. The minimum absolute atomic E-state index is 0.333. The van der Waals surface area contributed by atoms with Crippen LogP contribution in [0.4, 0.5) is 5.95 Å². The molecule has 6 nitrogen and oxygen atoms in total. The second-order valence-corrected chi connectivity index (χ2v) is 7.10. The summed E-state index contributed by atoms with van der Waals surface area (Å²) in [6, 6.07) is 8.79. The van der Waals surface area contributed by atoms with E-state index in [2.05, 4.69) is 32.3 Å². The minimum atomic E-state index is 0.333. The lowest BCUT2D eigenvalue weighted by Gasteiger charge is -2.32. The highest BCUT2D eigenvalue weighted by Gasteiger charge is 2.21. The molecule has 0 radical (unpaired) electrons. The van der Waals surface area contributed by atoms with E-state index in [1.54, 1.807) is 0 Å². The molecule has 1 saturated heterocycles. The lowest BCUT2D eigenvalue weighted by atomic mass is 10.0. The largest absolute Gasteiger partial charge is 0.454 e. The molecule has 1 fully saturated rings. The monoisotopic (exact) mass is 354 g/mol. The normalized spacial score (nSPS) is 16.9. The zero-order chi connectivity index (χ0) is 17.9. The molecular formula is C20H26N4O2. The molecule has 138 valence electrons. The molecule has 0 saturated carbocycles. The van der Waals surface area contributed by atoms with E-state index in [4.69, 9.17) is 9.47 Å². The van der Waals surface area contributed by atoms with Crippen LogP contribution in [0.15, 0.2) is 24.3 Å². The molecule has 0 atom stereocenters. The molecule has 1 N–H and O–H groups in total. The van der Waals surface area contributed by atoms with Gasteiger partial charge in [-0.1, -0.05) is 6.07 Å². The Morgan fingerprint density at radius 3 is 2.54 bits per heavy atom. The van der Waals surface area contributed by atoms with Crippen molar-refractivity contribution in [3.05, 3.63) is 41.2 Å². The minimum Gasteiger partial charge on any atom is -0.454 e. The Kier molecular flexibility index (Phi) is 4.93. The first-order chi connectivity index (χ1) is 12.7. The molecule has 3 heterocycles. The van der Waals surface area contributed by atoms with Gasteiger partial charge in [0.1, 0.15) is 0 Å². The van der Waals surface area contributed by atoms with Crippen molar-refractivity contribution in [3.63, 3.8) is 0 Å². The van der Waals surface area contributed by atoms with Gasteiger partial charge in [0.15, 0.2) is 11.5 Å². The number of hydrogen-bond donors (Lipinski definition) is 1. The Balaban J connectivity index is 1.24. The van der Waals surface area contributed by atoms with Gasteiger partial charge in [-0.15, -0.1) is 0 Å². The van der Waals surface area contributed by atoms with Gasteiger partial charge in [-0.05, 0) is 63.4 Å². The van der Waals surface area contributed by atoms with Gasteiger partial charge in [0, 0.05) is 30.5 Å². The number of nitrogens with zero attached hydrogens (tertiary/aromatic N) is 3. The van der Waals surface area contributed by atoms with Crippen molar-refractivity contribution in [1.82, 2.24) is 15.3 Å². The second kappa shape index (κ2) is 7.50. The molecule has 26 heavy (non-hydrogen) atoms. The Bertz CT molecular complexity index is 752. The first-order valence-electron chi connectivity index (χ1n) is 9.36. The van der Waals surface area contributed by atoms with Gasteiger partial charge >= 0.3 is 0 Å². The van der Waals surface area contributed by atoms with Gasteiger partial charge in [-0.2, -0.15) is 0 Å². The van der Waals surface area contributed by atoms with Crippen LogP contribution in [0.2, 0.25) is 0 Å². The molecule has 2 aliphatic rings. The summed E-state index contributed by atoms with van der Waals surface area (Å²) in [6.45, 7) is 7.38. The molecule has 0 amide bonds. The van der Waals surface area contributed by atoms with Crippen molar-refractivity contribution in [2.24, 2.45) is 0 Å². The Morgan fingerprint density at radius 1 is 1.04 bits per heavy atom. The third-order valence-corrected chi connectivity index (χ3v) is 5.03. The van der Waals surface area contributed by atoms with E-state index >= 15 is 0 Å². The highest BCUT2D eigenvalue weighted by Crippen LogP contribution is 2.32. The summed E-state index contributed by atoms with van der Waals surface area (Å²) >= 11 is 0. The number of anilines is 1. The number of aromatic nitrogens is 2. The third kappa shape index (κ3) is 3.90. The Hall–Kier alpha value is -2.34. The number of ether oxygens (including phenoxy) is 2. The van der Waals surface area contributed by atoms with Crippen LogP contribution >= 0.6 is 0 Å². The number of rotatable bonds is 5. The second-order valence-electron chi connectivity index (χ2n) is 7.10. The fraction of sp³-hybridized carbons (Fsp3) is 0.500. The van der Waals surface area contributed by atoms with E-state index in [1.807, 2.05) is 26.0 Å². The number of benzene rings is 1. The van der Waals surface area contributed by atoms with Crippen molar-refractivity contribution >= 4 is 5.95 Å². The van der Waals surface area contributed by atoms with Gasteiger partial charge < -0.3 is 19.7 Å². The molecule has 6 heteroatoms. The lowest BCUT2D eigenvalue weighted by Crippen LogP contribution is -2.43. The van der Waals surface area contributed by atoms with Gasteiger partial charge in [0.2, 0.25) is 12.7 Å². The maximum Gasteiger partial charge on any atom is 0.231 e. The molecule has 2 aromatic rings. The summed E-state index contributed by atoms with van der Waals surface area (Å²) in [5.41, 5.74) is 3.36. The van der Waals surface area contributed by atoms with E-state index in [1.165, 1.54) is 5.56 Å². The first kappa shape index (κ1) is 17.1. The van der Waals surface area contributed by atoms with Crippen molar-refractivity contribution in [1.29, 1.82) is 0 Å². The van der Waals surface area contributed by atoms with Crippen LogP contribution in [0.1, 0.15) is 29.8 Å². The van der Waals surface area contributed by atoms with Crippen molar-refractivity contribution in [3.8, 4) is 11.5 Å². The van der Waals surface area contributed by atoms with E-state index in [0.717, 1.165) is 67.7 Å². The van der Waals surface area contributed by atoms with Gasteiger partial charge in [-0.3, -0.25) is 0 Å². The molecule has 2 aliphatic heterocycles. The Morgan fingerprint density at radius 2 is 1.77 bits per heavy atom. The van der Waals surface area contributed by atoms with E-state index in [0.29, 0.717) is 12.8 Å². The van der Waals surface area contributed by atoms with Crippen molar-refractivity contribution in [2.75, 3.05) is 31.3 Å². The van der Waals surface area contributed by atoms with Crippen LogP contribution in [-0.2, 0) is 6.42 Å². The fourth-order valence-electron chi connectivity index (χ4n) is 3.65. The number of fused-ring (bicyclic) bond motifs is 1. The molecule has 0 unspecified atom stereocenters. The van der Waals surface area contributed by atoms with Crippen molar-refractivity contribution in [2.45, 2.75) is 39.2 Å². The predicted molar refractivity (Wildman–Crippen MR) is 101 cm³/mol. The Labute approximate surface area is 154 Å². The van der Waals surface area contributed by atoms with E-state index in [9.17, 15) is 0 Å². The zero-order valence-electron chi connectivity index (χ0n) is 15.5. The first-order valence-corrected chi connectivity index (χ1v) is 9.36. The quantitative estimate of drug-likeness (QED) is 0.891. The van der Waals surface area contributed by atoms with Gasteiger partial charge in [0.25, 0.3) is 0 Å². The van der Waals surface area contributed by atoms with Gasteiger partial charge in [0.05, 0.1) is 0 Å². The maximum absolute atomic E-state index is 5.45. The predicted octanol–water partition coefficient (Wildman–Crippen LogP) is 2.62. The van der Waals surface area contributed by atoms with Crippen LogP contribution in [0, 0.1) is 13.8 Å². The third-order valence-electron chi connectivity index (χ3n) is 5.03. The van der Waals surface area contributed by atoms with Crippen LogP contribution < -0.4 is 19.7 Å². The number of nitrogens with one attached hydrogen (secondary N) is 1. The molecule has 0 spiro atoms. The smallest absolute Gasteiger partial charge is 0.231 e. The molecular weight excluding hydrogens is 328 g/mol. The number of piperidine rings is 1. The molecule has 4 rings (SSSR count). The van der Waals surface area contributed by atoms with E-state index < -0.39 is 0 Å². The summed E-state index contributed by atoms with van der Waals surface area (Å²) in [6.07, 6.45) is 3.24. The summed E-state index contributed by atoms with van der Waals surface area (Å²) in [5.74, 6) is 2.59.